The number of rotatable bonds is 2. The van der Waals surface area contributed by atoms with Gasteiger partial charge in [0.2, 0.25) is 5.91 Å². The number of hydrogen-bond acceptors (Lipinski definition) is 3. The van der Waals surface area contributed by atoms with Crippen molar-refractivity contribution in [3.63, 3.8) is 0 Å². The van der Waals surface area contributed by atoms with Crippen molar-refractivity contribution in [1.82, 2.24) is 0 Å². The summed E-state index contributed by atoms with van der Waals surface area (Å²) >= 11 is 0. The van der Waals surface area contributed by atoms with Crippen molar-refractivity contribution in [2.75, 3.05) is 11.5 Å². The summed E-state index contributed by atoms with van der Waals surface area (Å²) in [7, 11) is 0. The van der Waals surface area contributed by atoms with Gasteiger partial charge in [-0.05, 0) is 35.9 Å². The summed E-state index contributed by atoms with van der Waals surface area (Å²) in [5, 5.41) is 0. The van der Waals surface area contributed by atoms with E-state index in [0.29, 0.717) is 5.69 Å². The number of alkyl halides is 3. The summed E-state index contributed by atoms with van der Waals surface area (Å²) < 4.78 is 58.6. The van der Waals surface area contributed by atoms with Crippen LogP contribution in [0.4, 0.5) is 23.2 Å². The third kappa shape index (κ3) is 2.94. The molecule has 1 unspecified atom stereocenters. The van der Waals surface area contributed by atoms with Crippen molar-refractivity contribution < 1.29 is 31.9 Å². The van der Waals surface area contributed by atoms with Gasteiger partial charge >= 0.3 is 12.1 Å². The summed E-state index contributed by atoms with van der Waals surface area (Å²) in [5.41, 5.74) is -0.502. The van der Waals surface area contributed by atoms with Crippen molar-refractivity contribution in [2.24, 2.45) is 0 Å². The lowest BCUT2D eigenvalue weighted by Crippen LogP contribution is -2.38. The fourth-order valence-corrected chi connectivity index (χ4v) is 3.67. The third-order valence-electron chi connectivity index (χ3n) is 4.84. The summed E-state index contributed by atoms with van der Waals surface area (Å²) in [4.78, 5) is 26.4. The lowest BCUT2D eigenvalue weighted by atomic mass is 9.82. The molecule has 4 nitrogen and oxygen atoms in total. The Bertz CT molecular complexity index is 995. The number of cyclic esters (lactones) is 1. The van der Waals surface area contributed by atoms with Crippen molar-refractivity contribution in [2.45, 2.75) is 18.5 Å². The maximum absolute atomic E-state index is 13.5. The normalized spacial score (nSPS) is 19.7. The zero-order valence-corrected chi connectivity index (χ0v) is 14.3. The number of carbonyl (C=O) groups is 2. The minimum absolute atomic E-state index is 0.0284. The molecule has 0 radical (unpaired) electrons. The molecule has 2 aromatic rings. The number of nitrogens with zero attached hydrogens (tertiary/aromatic N) is 1. The number of hydrogen-bond donors (Lipinski definition) is 0. The van der Waals surface area contributed by atoms with Crippen LogP contribution in [0.15, 0.2) is 59.8 Å². The van der Waals surface area contributed by atoms with Crippen LogP contribution in [0.1, 0.15) is 23.5 Å². The molecule has 28 heavy (non-hydrogen) atoms. The second kappa shape index (κ2) is 6.47. The quantitative estimate of drug-likeness (QED) is 0.570. The molecular weight excluding hydrogens is 378 g/mol. The molecule has 2 aliphatic heterocycles. The van der Waals surface area contributed by atoms with Gasteiger partial charge in [-0.2, -0.15) is 13.2 Å². The van der Waals surface area contributed by atoms with Crippen molar-refractivity contribution in [1.29, 1.82) is 0 Å². The van der Waals surface area contributed by atoms with Crippen molar-refractivity contribution >= 4 is 17.6 Å². The topological polar surface area (TPSA) is 46.6 Å². The van der Waals surface area contributed by atoms with Crippen LogP contribution in [0.2, 0.25) is 0 Å². The predicted molar refractivity (Wildman–Crippen MR) is 90.7 cm³/mol. The molecule has 144 valence electrons. The zero-order chi connectivity index (χ0) is 20.1. The van der Waals surface area contributed by atoms with Crippen LogP contribution in [0.3, 0.4) is 0 Å². The fourth-order valence-electron chi connectivity index (χ4n) is 3.67. The van der Waals surface area contributed by atoms with E-state index >= 15 is 0 Å². The van der Waals surface area contributed by atoms with Gasteiger partial charge in [-0.1, -0.05) is 18.2 Å². The minimum atomic E-state index is -4.63. The number of esters is 1. The van der Waals surface area contributed by atoms with Crippen molar-refractivity contribution in [3.8, 4) is 0 Å². The number of amides is 1. The van der Waals surface area contributed by atoms with Crippen LogP contribution in [0.25, 0.3) is 0 Å². The largest absolute Gasteiger partial charge is 0.456 e. The van der Waals surface area contributed by atoms with Gasteiger partial charge in [0.15, 0.2) is 0 Å². The molecule has 0 bridgehead atoms. The van der Waals surface area contributed by atoms with Gasteiger partial charge in [-0.3, -0.25) is 9.69 Å². The van der Waals surface area contributed by atoms with Gasteiger partial charge in [-0.15, -0.1) is 0 Å². The van der Waals surface area contributed by atoms with Crippen LogP contribution in [0.5, 0.6) is 0 Å². The first-order valence-electron chi connectivity index (χ1n) is 8.42. The van der Waals surface area contributed by atoms with Gasteiger partial charge < -0.3 is 4.74 Å². The average molecular weight is 391 g/mol. The molecule has 2 aliphatic rings. The molecule has 2 heterocycles. The molecule has 0 saturated carbocycles. The number of carbonyl (C=O) groups excluding carboxylic acids is 2. The first-order valence-corrected chi connectivity index (χ1v) is 8.42. The van der Waals surface area contributed by atoms with E-state index in [-0.39, 0.29) is 29.9 Å². The standard InChI is InChI=1S/C20H13F4NO3/c21-11-5-7-12(8-6-11)25-16-10-28-19(27)18(16)14(9-17(25)26)13-3-1-2-4-15(13)20(22,23)24/h1-8,14H,9-10H2. The average Bonchev–Trinajstić information content (AvgIpc) is 3.03. The van der Waals surface area contributed by atoms with Crippen LogP contribution >= 0.6 is 0 Å². The Kier molecular flexibility index (Phi) is 4.21. The van der Waals surface area contributed by atoms with Gasteiger partial charge in [-0.25, -0.2) is 9.18 Å². The third-order valence-corrected chi connectivity index (χ3v) is 4.84. The number of halogens is 4. The molecule has 4 rings (SSSR count). The Morgan fingerprint density at radius 1 is 1.00 bits per heavy atom. The molecular formula is C20H13F4NO3. The summed E-state index contributed by atoms with van der Waals surface area (Å²) in [5.74, 6) is -2.81. The summed E-state index contributed by atoms with van der Waals surface area (Å²) in [6, 6.07) is 9.93. The molecule has 8 heteroatoms. The molecule has 0 aliphatic carbocycles. The first-order chi connectivity index (χ1) is 13.3. The monoisotopic (exact) mass is 391 g/mol. The Morgan fingerprint density at radius 2 is 1.68 bits per heavy atom. The highest BCUT2D eigenvalue weighted by Crippen LogP contribution is 2.45. The highest BCUT2D eigenvalue weighted by molar-refractivity contribution is 6.06. The molecule has 2 aromatic carbocycles. The van der Waals surface area contributed by atoms with E-state index in [1.807, 2.05) is 0 Å². The molecule has 0 fully saturated rings. The molecule has 0 spiro atoms. The molecule has 0 saturated heterocycles. The summed E-state index contributed by atoms with van der Waals surface area (Å²) in [6.07, 6.45) is -4.96. The van der Waals surface area contributed by atoms with E-state index in [2.05, 4.69) is 0 Å². The Balaban J connectivity index is 1.86. The van der Waals surface area contributed by atoms with Crippen molar-refractivity contribution in [3.05, 3.63) is 76.7 Å². The fraction of sp³-hybridized carbons (Fsp3) is 0.200. The van der Waals surface area contributed by atoms with Gasteiger partial charge in [0.05, 0.1) is 16.8 Å². The van der Waals surface area contributed by atoms with E-state index in [1.54, 1.807) is 0 Å². The minimum Gasteiger partial charge on any atom is -0.456 e. The lowest BCUT2D eigenvalue weighted by molar-refractivity contribution is -0.139. The van der Waals surface area contributed by atoms with Crippen LogP contribution < -0.4 is 4.90 Å². The Hall–Kier alpha value is -3.16. The van der Waals surface area contributed by atoms with E-state index < -0.39 is 35.4 Å². The molecule has 0 aromatic heterocycles. The van der Waals surface area contributed by atoms with Gasteiger partial charge in [0, 0.05) is 18.0 Å². The van der Waals surface area contributed by atoms with E-state index in [9.17, 15) is 27.2 Å². The Morgan fingerprint density at radius 3 is 2.36 bits per heavy atom. The van der Waals surface area contributed by atoms with Crippen LogP contribution in [-0.4, -0.2) is 18.5 Å². The second-order valence-electron chi connectivity index (χ2n) is 6.48. The maximum atomic E-state index is 13.5. The SMILES string of the molecule is O=C1OCC2=C1C(c1ccccc1C(F)(F)F)CC(=O)N2c1ccc(F)cc1. The van der Waals surface area contributed by atoms with Gasteiger partial charge in [0.25, 0.3) is 0 Å². The first kappa shape index (κ1) is 18.2. The van der Waals surface area contributed by atoms with E-state index in [1.165, 1.54) is 35.2 Å². The second-order valence-corrected chi connectivity index (χ2v) is 6.48. The predicted octanol–water partition coefficient (Wildman–Crippen LogP) is 4.18. The van der Waals surface area contributed by atoms with Crippen LogP contribution in [0, 0.1) is 5.82 Å². The maximum Gasteiger partial charge on any atom is 0.416 e. The Labute approximate surface area is 157 Å². The molecule has 0 N–H and O–H groups in total. The zero-order valence-electron chi connectivity index (χ0n) is 14.3. The molecule has 1 amide bonds. The van der Waals surface area contributed by atoms with E-state index in [4.69, 9.17) is 4.74 Å². The number of ether oxygens (including phenoxy) is 1. The van der Waals surface area contributed by atoms with Gasteiger partial charge in [0.1, 0.15) is 12.4 Å². The smallest absolute Gasteiger partial charge is 0.416 e. The number of benzene rings is 2. The van der Waals surface area contributed by atoms with Crippen LogP contribution in [-0.2, 0) is 20.5 Å². The lowest BCUT2D eigenvalue weighted by Gasteiger charge is -2.32. The highest BCUT2D eigenvalue weighted by Gasteiger charge is 2.45. The summed E-state index contributed by atoms with van der Waals surface area (Å²) in [6.45, 7) is -0.234. The van der Waals surface area contributed by atoms with E-state index in [0.717, 1.165) is 18.2 Å². The number of anilines is 1. The highest BCUT2D eigenvalue weighted by atomic mass is 19.4. The molecule has 1 atom stereocenters.